The van der Waals surface area contributed by atoms with Crippen LogP contribution in [0.25, 0.3) is 0 Å². The summed E-state index contributed by atoms with van der Waals surface area (Å²) in [7, 11) is 1.59. The minimum Gasteiger partial charge on any atom is -0.497 e. The number of ether oxygens (including phenoxy) is 1. The van der Waals surface area contributed by atoms with Gasteiger partial charge < -0.3 is 14.6 Å². The summed E-state index contributed by atoms with van der Waals surface area (Å²) in [6, 6.07) is 11.0. The van der Waals surface area contributed by atoms with Crippen LogP contribution in [0.4, 0.5) is 14.5 Å². The van der Waals surface area contributed by atoms with E-state index in [2.05, 4.69) is 5.32 Å². The predicted octanol–water partition coefficient (Wildman–Crippen LogP) is 5.26. The van der Waals surface area contributed by atoms with Crippen LogP contribution in [0.2, 0.25) is 0 Å². The Bertz CT molecular complexity index is 1090. The van der Waals surface area contributed by atoms with Crippen LogP contribution in [0.15, 0.2) is 42.5 Å². The van der Waals surface area contributed by atoms with E-state index >= 15 is 0 Å². The largest absolute Gasteiger partial charge is 0.497 e. The Morgan fingerprint density at radius 2 is 1.80 bits per heavy atom. The molecule has 0 bridgehead atoms. The minimum atomic E-state index is -0.880. The van der Waals surface area contributed by atoms with Crippen LogP contribution in [-0.2, 0) is 19.4 Å². The van der Waals surface area contributed by atoms with Crippen LogP contribution in [0.3, 0.4) is 0 Å². The van der Waals surface area contributed by atoms with Gasteiger partial charge in [0.05, 0.1) is 7.11 Å². The number of anilines is 1. The first kappa shape index (κ1) is 20.1. The molecule has 1 N–H and O–H groups in total. The minimum absolute atomic E-state index is 0.213. The topological polar surface area (TPSA) is 43.3 Å². The molecule has 156 valence electrons. The average molecular weight is 410 g/mol. The zero-order valence-electron chi connectivity index (χ0n) is 17.1. The number of hydrogen-bond acceptors (Lipinski definition) is 2. The summed E-state index contributed by atoms with van der Waals surface area (Å²) < 4.78 is 34.3. The van der Waals surface area contributed by atoms with Crippen LogP contribution in [0.5, 0.6) is 5.75 Å². The van der Waals surface area contributed by atoms with Gasteiger partial charge in [-0.3, -0.25) is 4.79 Å². The van der Waals surface area contributed by atoms with Gasteiger partial charge in [0.2, 0.25) is 0 Å². The van der Waals surface area contributed by atoms with Gasteiger partial charge in [-0.15, -0.1) is 0 Å². The number of aromatic nitrogens is 1. The molecule has 1 heterocycles. The van der Waals surface area contributed by atoms with Crippen molar-refractivity contribution in [2.45, 2.75) is 39.2 Å². The lowest BCUT2D eigenvalue weighted by molar-refractivity contribution is 0.101. The van der Waals surface area contributed by atoms with Crippen molar-refractivity contribution in [2.24, 2.45) is 0 Å². The molecule has 1 aliphatic rings. The molecule has 6 heteroatoms. The Morgan fingerprint density at radius 3 is 2.50 bits per heavy atom. The Kier molecular flexibility index (Phi) is 5.57. The van der Waals surface area contributed by atoms with E-state index in [0.717, 1.165) is 43.0 Å². The lowest BCUT2D eigenvalue weighted by atomic mass is 9.95. The number of nitrogens with zero attached hydrogens (tertiary/aromatic N) is 1. The van der Waals surface area contributed by atoms with Crippen molar-refractivity contribution in [1.82, 2.24) is 4.57 Å². The van der Waals surface area contributed by atoms with Gasteiger partial charge >= 0.3 is 0 Å². The number of rotatable bonds is 5. The fraction of sp³-hybridized carbons (Fsp3) is 0.292. The molecule has 0 aliphatic heterocycles. The maximum Gasteiger partial charge on any atom is 0.272 e. The van der Waals surface area contributed by atoms with E-state index in [0.29, 0.717) is 29.2 Å². The number of methoxy groups -OCH3 is 1. The summed E-state index contributed by atoms with van der Waals surface area (Å²) in [5.41, 5.74) is 5.13. The molecule has 0 fully saturated rings. The number of hydrogen-bond donors (Lipinski definition) is 1. The number of amides is 1. The number of fused-ring (bicyclic) bond motifs is 1. The third-order valence-corrected chi connectivity index (χ3v) is 5.73. The fourth-order valence-electron chi connectivity index (χ4n) is 4.22. The van der Waals surface area contributed by atoms with Crippen molar-refractivity contribution in [3.05, 3.63) is 82.2 Å². The van der Waals surface area contributed by atoms with Crippen LogP contribution in [-0.4, -0.2) is 17.6 Å². The fourth-order valence-corrected chi connectivity index (χ4v) is 4.22. The average Bonchev–Trinajstić information content (AvgIpc) is 3.03. The van der Waals surface area contributed by atoms with Crippen molar-refractivity contribution in [1.29, 1.82) is 0 Å². The van der Waals surface area contributed by atoms with Crippen molar-refractivity contribution in [2.75, 3.05) is 12.4 Å². The molecule has 0 atom stereocenters. The Balaban J connectivity index is 1.71. The smallest absolute Gasteiger partial charge is 0.272 e. The first-order valence-electron chi connectivity index (χ1n) is 10.1. The Labute approximate surface area is 174 Å². The summed E-state index contributed by atoms with van der Waals surface area (Å²) in [6.45, 7) is 2.29. The molecule has 0 spiro atoms. The number of nitrogens with one attached hydrogen (secondary N) is 1. The van der Waals surface area contributed by atoms with E-state index in [4.69, 9.17) is 4.74 Å². The standard InChI is InChI=1S/C24H24F2N2O2/c1-15-19-5-3-4-6-22(19)28(14-16-7-12-20(25)21(26)13-16)23(15)24(29)27-17-8-10-18(30-2)11-9-17/h7-13H,3-6,14H2,1-2H3,(H,27,29). The zero-order chi connectivity index (χ0) is 21.3. The SMILES string of the molecule is COc1ccc(NC(=O)c2c(C)c3c(n2Cc2ccc(F)c(F)c2)CCCC3)cc1. The number of carbonyl (C=O) groups is 1. The van der Waals surface area contributed by atoms with Crippen LogP contribution >= 0.6 is 0 Å². The summed E-state index contributed by atoms with van der Waals surface area (Å²) >= 11 is 0. The summed E-state index contributed by atoms with van der Waals surface area (Å²) in [6.07, 6.45) is 3.93. The van der Waals surface area contributed by atoms with Gasteiger partial charge in [0.1, 0.15) is 11.4 Å². The van der Waals surface area contributed by atoms with E-state index in [1.54, 1.807) is 37.4 Å². The third kappa shape index (κ3) is 3.82. The molecule has 1 aromatic heterocycles. The zero-order valence-corrected chi connectivity index (χ0v) is 17.1. The van der Waals surface area contributed by atoms with Gasteiger partial charge in [0, 0.05) is 17.9 Å². The maximum absolute atomic E-state index is 13.8. The second-order valence-corrected chi connectivity index (χ2v) is 7.62. The maximum atomic E-state index is 13.8. The lowest BCUT2D eigenvalue weighted by Crippen LogP contribution is -2.20. The van der Waals surface area contributed by atoms with E-state index in [1.165, 1.54) is 11.6 Å². The first-order chi connectivity index (χ1) is 14.5. The molecule has 1 amide bonds. The molecular weight excluding hydrogens is 386 g/mol. The van der Waals surface area contributed by atoms with Crippen LogP contribution < -0.4 is 10.1 Å². The number of carbonyl (C=O) groups excluding carboxylic acids is 1. The van der Waals surface area contributed by atoms with Crippen LogP contribution in [0.1, 0.15) is 45.7 Å². The molecule has 0 unspecified atom stereocenters. The molecule has 30 heavy (non-hydrogen) atoms. The molecule has 2 aromatic carbocycles. The number of benzene rings is 2. The van der Waals surface area contributed by atoms with Gasteiger partial charge in [-0.25, -0.2) is 8.78 Å². The van der Waals surface area contributed by atoms with E-state index in [1.807, 2.05) is 11.5 Å². The van der Waals surface area contributed by atoms with Gasteiger partial charge in [-0.05, 0) is 85.7 Å². The highest BCUT2D eigenvalue weighted by molar-refractivity contribution is 6.04. The van der Waals surface area contributed by atoms with Crippen molar-refractivity contribution < 1.29 is 18.3 Å². The predicted molar refractivity (Wildman–Crippen MR) is 112 cm³/mol. The molecule has 0 radical (unpaired) electrons. The van der Waals surface area contributed by atoms with Gasteiger partial charge in [-0.1, -0.05) is 6.07 Å². The van der Waals surface area contributed by atoms with Crippen molar-refractivity contribution in [3.63, 3.8) is 0 Å². The second kappa shape index (κ2) is 8.30. The first-order valence-corrected chi connectivity index (χ1v) is 10.1. The molecule has 0 saturated heterocycles. The Morgan fingerprint density at radius 1 is 1.07 bits per heavy atom. The normalized spacial score (nSPS) is 13.1. The summed E-state index contributed by atoms with van der Waals surface area (Å²) in [5, 5.41) is 2.96. The molecule has 0 saturated carbocycles. The highest BCUT2D eigenvalue weighted by Crippen LogP contribution is 2.31. The van der Waals surface area contributed by atoms with Crippen molar-refractivity contribution >= 4 is 11.6 Å². The summed E-state index contributed by atoms with van der Waals surface area (Å²) in [5.74, 6) is -1.26. The number of halogens is 2. The molecule has 4 nitrogen and oxygen atoms in total. The van der Waals surface area contributed by atoms with E-state index in [-0.39, 0.29) is 5.91 Å². The summed E-state index contributed by atoms with van der Waals surface area (Å²) in [4.78, 5) is 13.2. The van der Waals surface area contributed by atoms with E-state index < -0.39 is 11.6 Å². The quantitative estimate of drug-likeness (QED) is 0.623. The Hall–Kier alpha value is -3.15. The highest BCUT2D eigenvalue weighted by Gasteiger charge is 2.26. The van der Waals surface area contributed by atoms with Crippen LogP contribution in [0, 0.1) is 18.6 Å². The molecule has 3 aromatic rings. The van der Waals surface area contributed by atoms with E-state index in [9.17, 15) is 13.6 Å². The lowest BCUT2D eigenvalue weighted by Gasteiger charge is -2.17. The monoisotopic (exact) mass is 410 g/mol. The van der Waals surface area contributed by atoms with Gasteiger partial charge in [0.15, 0.2) is 11.6 Å². The second-order valence-electron chi connectivity index (χ2n) is 7.62. The van der Waals surface area contributed by atoms with Crippen molar-refractivity contribution in [3.8, 4) is 5.75 Å². The molecular formula is C24H24F2N2O2. The van der Waals surface area contributed by atoms with Gasteiger partial charge in [-0.2, -0.15) is 0 Å². The molecule has 1 aliphatic carbocycles. The molecule has 4 rings (SSSR count). The van der Waals surface area contributed by atoms with Gasteiger partial charge in [0.25, 0.3) is 5.91 Å². The highest BCUT2D eigenvalue weighted by atomic mass is 19.2. The third-order valence-electron chi connectivity index (χ3n) is 5.73.